The Morgan fingerprint density at radius 1 is 1.33 bits per heavy atom. The molecule has 0 aliphatic carbocycles. The Morgan fingerprint density at radius 2 is 2.19 bits per heavy atom. The van der Waals surface area contributed by atoms with Crippen LogP contribution in [0.3, 0.4) is 0 Å². The van der Waals surface area contributed by atoms with Gasteiger partial charge in [0.1, 0.15) is 5.82 Å². The molecule has 2 aliphatic heterocycles. The highest BCUT2D eigenvalue weighted by Crippen LogP contribution is 2.30. The molecule has 2 aliphatic rings. The van der Waals surface area contributed by atoms with Gasteiger partial charge in [-0.3, -0.25) is 4.79 Å². The molecule has 8 heteroatoms. The third kappa shape index (κ3) is 3.64. The fourth-order valence-electron chi connectivity index (χ4n) is 3.96. The predicted octanol–water partition coefficient (Wildman–Crippen LogP) is 1.72. The van der Waals surface area contributed by atoms with Crippen molar-refractivity contribution in [2.24, 2.45) is 5.92 Å². The molecule has 27 heavy (non-hydrogen) atoms. The maximum atomic E-state index is 12.8. The van der Waals surface area contributed by atoms with E-state index in [0.29, 0.717) is 13.1 Å². The monoisotopic (exact) mass is 388 g/mol. The lowest BCUT2D eigenvalue weighted by Gasteiger charge is -2.29. The van der Waals surface area contributed by atoms with E-state index in [-0.39, 0.29) is 16.7 Å². The number of aryl methyl sites for hydroxylation is 2. The van der Waals surface area contributed by atoms with Crippen LogP contribution in [-0.4, -0.2) is 37.0 Å². The number of amides is 1. The molecule has 0 saturated carbocycles. The second-order valence-electron chi connectivity index (χ2n) is 7.32. The first-order valence-electron chi connectivity index (χ1n) is 9.35. The molecular weight excluding hydrogens is 364 g/mol. The molecule has 0 fully saturated rings. The maximum Gasteiger partial charge on any atom is 0.240 e. The minimum absolute atomic E-state index is 0.0585. The number of nitrogens with zero attached hydrogens (tertiary/aromatic N) is 3. The van der Waals surface area contributed by atoms with Crippen LogP contribution >= 0.6 is 0 Å². The summed E-state index contributed by atoms with van der Waals surface area (Å²) in [4.78, 5) is 18.1. The number of nitrogens with one attached hydrogen (secondary N) is 1. The van der Waals surface area contributed by atoms with E-state index in [1.54, 1.807) is 23.2 Å². The molecule has 1 N–H and O–H groups in total. The van der Waals surface area contributed by atoms with Crippen molar-refractivity contribution in [2.75, 3.05) is 18.0 Å². The normalized spacial score (nSPS) is 19.4. The van der Waals surface area contributed by atoms with Crippen molar-refractivity contribution in [3.05, 3.63) is 42.0 Å². The molecule has 1 amide bonds. The Labute approximate surface area is 159 Å². The Bertz CT molecular complexity index is 967. The molecule has 0 saturated heterocycles. The van der Waals surface area contributed by atoms with Gasteiger partial charge in [0.2, 0.25) is 15.9 Å². The van der Waals surface area contributed by atoms with Crippen LogP contribution < -0.4 is 9.62 Å². The topological polar surface area (TPSA) is 84.3 Å². The zero-order chi connectivity index (χ0) is 19.0. The van der Waals surface area contributed by atoms with Gasteiger partial charge in [-0.2, -0.15) is 0 Å². The van der Waals surface area contributed by atoms with Crippen molar-refractivity contribution in [1.29, 1.82) is 0 Å². The molecular formula is C19H24N4O3S. The minimum Gasteiger partial charge on any atom is -0.335 e. The van der Waals surface area contributed by atoms with Crippen molar-refractivity contribution < 1.29 is 13.2 Å². The highest BCUT2D eigenvalue weighted by atomic mass is 32.2. The quantitative estimate of drug-likeness (QED) is 0.864. The van der Waals surface area contributed by atoms with E-state index in [4.69, 9.17) is 0 Å². The van der Waals surface area contributed by atoms with Gasteiger partial charge in [-0.1, -0.05) is 6.07 Å². The van der Waals surface area contributed by atoms with Gasteiger partial charge in [0.15, 0.2) is 0 Å². The number of sulfonamides is 1. The van der Waals surface area contributed by atoms with E-state index in [2.05, 4.69) is 14.3 Å². The summed E-state index contributed by atoms with van der Waals surface area (Å²) in [6, 6.07) is 5.10. The summed E-state index contributed by atoms with van der Waals surface area (Å²) in [7, 11) is -3.62. The number of hydrogen-bond donors (Lipinski definition) is 1. The molecule has 7 nitrogen and oxygen atoms in total. The molecule has 4 rings (SSSR count). The van der Waals surface area contributed by atoms with E-state index in [9.17, 15) is 13.2 Å². The van der Waals surface area contributed by atoms with Gasteiger partial charge >= 0.3 is 0 Å². The third-order valence-electron chi connectivity index (χ3n) is 5.46. The lowest BCUT2D eigenvalue weighted by Crippen LogP contribution is -2.35. The van der Waals surface area contributed by atoms with Crippen molar-refractivity contribution in [2.45, 2.75) is 44.0 Å². The summed E-state index contributed by atoms with van der Waals surface area (Å²) >= 11 is 0. The number of imidazole rings is 1. The largest absolute Gasteiger partial charge is 0.335 e. The molecule has 0 spiro atoms. The molecule has 0 bridgehead atoms. The number of carbonyl (C=O) groups is 1. The number of rotatable bonds is 4. The second kappa shape index (κ2) is 7.09. The smallest absolute Gasteiger partial charge is 0.240 e. The standard InChI is InChI=1S/C19H24N4O3S/c1-14(24)23-9-2-3-16-5-6-17(11-18(16)23)27(25,26)21-12-15-4-7-19-20-8-10-22(19)13-15/h5-6,8,10-11,15,21H,2-4,7,9,12-13H2,1H3/t15-/m1/s1. The summed E-state index contributed by atoms with van der Waals surface area (Å²) < 4.78 is 30.4. The molecule has 1 aromatic heterocycles. The van der Waals surface area contributed by atoms with E-state index in [0.717, 1.165) is 49.3 Å². The first-order chi connectivity index (χ1) is 12.9. The average Bonchev–Trinajstić information content (AvgIpc) is 3.13. The van der Waals surface area contributed by atoms with Crippen LogP contribution in [0, 0.1) is 5.92 Å². The van der Waals surface area contributed by atoms with Gasteiger partial charge in [0.25, 0.3) is 0 Å². The van der Waals surface area contributed by atoms with Crippen molar-refractivity contribution in [3.8, 4) is 0 Å². The van der Waals surface area contributed by atoms with E-state index in [1.807, 2.05) is 12.3 Å². The Balaban J connectivity index is 1.49. The molecule has 1 atom stereocenters. The molecule has 1 aromatic carbocycles. The zero-order valence-corrected chi connectivity index (χ0v) is 16.2. The van der Waals surface area contributed by atoms with Crippen LogP contribution in [0.2, 0.25) is 0 Å². The molecule has 144 valence electrons. The SMILES string of the molecule is CC(=O)N1CCCc2ccc(S(=O)(=O)NC[C@H]3CCc4nccn4C3)cc21. The van der Waals surface area contributed by atoms with Crippen molar-refractivity contribution in [3.63, 3.8) is 0 Å². The number of benzene rings is 1. The number of hydrogen-bond acceptors (Lipinski definition) is 4. The Kier molecular flexibility index (Phi) is 4.77. The third-order valence-corrected chi connectivity index (χ3v) is 6.88. The van der Waals surface area contributed by atoms with Gasteiger partial charge in [-0.05, 0) is 42.9 Å². The zero-order valence-electron chi connectivity index (χ0n) is 15.4. The van der Waals surface area contributed by atoms with Crippen molar-refractivity contribution >= 4 is 21.6 Å². The van der Waals surface area contributed by atoms with Crippen LogP contribution in [0.5, 0.6) is 0 Å². The highest BCUT2D eigenvalue weighted by Gasteiger charge is 2.25. The number of anilines is 1. The van der Waals surface area contributed by atoms with Crippen LogP contribution in [-0.2, 0) is 34.2 Å². The van der Waals surface area contributed by atoms with Crippen LogP contribution in [0.15, 0.2) is 35.5 Å². The van der Waals surface area contributed by atoms with Gasteiger partial charge in [-0.15, -0.1) is 0 Å². The van der Waals surface area contributed by atoms with Crippen LogP contribution in [0.1, 0.15) is 31.2 Å². The first-order valence-corrected chi connectivity index (χ1v) is 10.8. The maximum absolute atomic E-state index is 12.8. The minimum atomic E-state index is -3.62. The molecule has 0 unspecified atom stereocenters. The first kappa shape index (κ1) is 18.2. The number of fused-ring (bicyclic) bond motifs is 2. The van der Waals surface area contributed by atoms with Gasteiger partial charge in [0.05, 0.1) is 4.90 Å². The van der Waals surface area contributed by atoms with Crippen molar-refractivity contribution in [1.82, 2.24) is 14.3 Å². The Morgan fingerprint density at radius 3 is 3.00 bits per heavy atom. The lowest BCUT2D eigenvalue weighted by atomic mass is 10.00. The molecule has 0 radical (unpaired) electrons. The van der Waals surface area contributed by atoms with Gasteiger partial charge in [0, 0.05) is 51.1 Å². The average molecular weight is 388 g/mol. The summed E-state index contributed by atoms with van der Waals surface area (Å²) in [5, 5.41) is 0. The molecule has 2 aromatic rings. The van der Waals surface area contributed by atoms with Crippen LogP contribution in [0.25, 0.3) is 0 Å². The summed E-state index contributed by atoms with van der Waals surface area (Å²) in [6.07, 6.45) is 7.27. The van der Waals surface area contributed by atoms with E-state index >= 15 is 0 Å². The van der Waals surface area contributed by atoms with Crippen LogP contribution in [0.4, 0.5) is 5.69 Å². The van der Waals surface area contributed by atoms with E-state index in [1.165, 1.54) is 6.92 Å². The van der Waals surface area contributed by atoms with Gasteiger partial charge in [-0.25, -0.2) is 18.1 Å². The number of carbonyl (C=O) groups excluding carboxylic acids is 1. The summed E-state index contributed by atoms with van der Waals surface area (Å²) in [6.45, 7) is 3.32. The fraction of sp³-hybridized carbons (Fsp3) is 0.474. The van der Waals surface area contributed by atoms with Gasteiger partial charge < -0.3 is 9.47 Å². The second-order valence-corrected chi connectivity index (χ2v) is 9.08. The summed E-state index contributed by atoms with van der Waals surface area (Å²) in [5.74, 6) is 1.25. The lowest BCUT2D eigenvalue weighted by molar-refractivity contribution is -0.116. The molecule has 3 heterocycles. The highest BCUT2D eigenvalue weighted by molar-refractivity contribution is 7.89. The fourth-order valence-corrected chi connectivity index (χ4v) is 5.10. The van der Waals surface area contributed by atoms with E-state index < -0.39 is 10.0 Å². The Hall–Kier alpha value is -2.19. The predicted molar refractivity (Wildman–Crippen MR) is 102 cm³/mol. The summed E-state index contributed by atoms with van der Waals surface area (Å²) in [5.41, 5.74) is 1.74. The number of aromatic nitrogens is 2.